The summed E-state index contributed by atoms with van der Waals surface area (Å²) >= 11 is 6.28. The van der Waals surface area contributed by atoms with Crippen LogP contribution in [0.4, 0.5) is 4.39 Å². The zero-order chi connectivity index (χ0) is 18.4. The molecule has 3 nitrogen and oxygen atoms in total. The predicted octanol–water partition coefficient (Wildman–Crippen LogP) is 5.15. The van der Waals surface area contributed by atoms with E-state index in [2.05, 4.69) is 21.6 Å². The Kier molecular flexibility index (Phi) is 4.41. The maximum atomic E-state index is 13.5. The summed E-state index contributed by atoms with van der Waals surface area (Å²) in [6.45, 7) is 3.97. The number of hydrogen-bond acceptors (Lipinski definition) is 2. The quantitative estimate of drug-likeness (QED) is 0.623. The van der Waals surface area contributed by atoms with Crippen molar-refractivity contribution in [3.63, 3.8) is 0 Å². The summed E-state index contributed by atoms with van der Waals surface area (Å²) in [6.07, 6.45) is 4.37. The highest BCUT2D eigenvalue weighted by molar-refractivity contribution is 6.31. The van der Waals surface area contributed by atoms with Gasteiger partial charge in [0.25, 0.3) is 0 Å². The van der Waals surface area contributed by atoms with Crippen molar-refractivity contribution in [3.05, 3.63) is 64.2 Å². The number of imidazole rings is 1. The van der Waals surface area contributed by atoms with Crippen LogP contribution < -0.4 is 0 Å². The molecule has 1 fully saturated rings. The Morgan fingerprint density at radius 1 is 1.11 bits per heavy atom. The van der Waals surface area contributed by atoms with Crippen molar-refractivity contribution >= 4 is 22.6 Å². The van der Waals surface area contributed by atoms with Gasteiger partial charge in [-0.3, -0.25) is 4.90 Å². The standard InChI is InChI=1S/C22H23ClFN3/c23-18-11-17-4-2-8-27-21(25-20(13-18)22(17)27)14-26-9-6-15(7-10-26)16-3-1-5-19(24)12-16/h1,3,5,11-13,15H,2,4,6-10,14H2. The Bertz CT molecular complexity index is 989. The third kappa shape index (κ3) is 3.26. The number of aromatic nitrogens is 2. The fourth-order valence-corrected chi connectivity index (χ4v) is 4.96. The van der Waals surface area contributed by atoms with Gasteiger partial charge in [-0.2, -0.15) is 0 Å². The van der Waals surface area contributed by atoms with E-state index in [0.717, 1.165) is 73.8 Å². The minimum absolute atomic E-state index is 0.132. The molecule has 0 amide bonds. The van der Waals surface area contributed by atoms with Gasteiger partial charge in [-0.1, -0.05) is 23.7 Å². The zero-order valence-electron chi connectivity index (χ0n) is 15.3. The summed E-state index contributed by atoms with van der Waals surface area (Å²) in [5, 5.41) is 0.784. The van der Waals surface area contributed by atoms with Crippen LogP contribution in [-0.2, 0) is 19.5 Å². The molecular weight excluding hydrogens is 361 g/mol. The first-order valence-electron chi connectivity index (χ1n) is 9.83. The first-order valence-corrected chi connectivity index (χ1v) is 10.2. The van der Waals surface area contributed by atoms with Crippen LogP contribution in [0, 0.1) is 5.82 Å². The highest BCUT2D eigenvalue weighted by Gasteiger charge is 2.24. The smallest absolute Gasteiger partial charge is 0.124 e. The number of benzene rings is 2. The lowest BCUT2D eigenvalue weighted by molar-refractivity contribution is 0.198. The van der Waals surface area contributed by atoms with E-state index in [1.54, 1.807) is 6.07 Å². The maximum absolute atomic E-state index is 13.5. The van der Waals surface area contributed by atoms with Gasteiger partial charge < -0.3 is 4.57 Å². The van der Waals surface area contributed by atoms with Crippen LogP contribution in [0.15, 0.2) is 36.4 Å². The second kappa shape index (κ2) is 6.92. The van der Waals surface area contributed by atoms with Crippen molar-refractivity contribution in [2.45, 2.75) is 44.7 Å². The number of piperidine rings is 1. The minimum Gasteiger partial charge on any atom is -0.327 e. The van der Waals surface area contributed by atoms with E-state index in [9.17, 15) is 4.39 Å². The fourth-order valence-electron chi connectivity index (χ4n) is 4.73. The molecule has 5 heteroatoms. The number of nitrogens with zero attached hydrogens (tertiary/aromatic N) is 3. The number of likely N-dealkylation sites (tertiary alicyclic amines) is 1. The van der Waals surface area contributed by atoms with E-state index in [0.29, 0.717) is 5.92 Å². The molecule has 2 aliphatic heterocycles. The van der Waals surface area contributed by atoms with E-state index in [4.69, 9.17) is 16.6 Å². The molecule has 0 atom stereocenters. The Labute approximate surface area is 163 Å². The van der Waals surface area contributed by atoms with E-state index in [1.807, 2.05) is 12.1 Å². The molecule has 140 valence electrons. The van der Waals surface area contributed by atoms with Crippen molar-refractivity contribution in [2.75, 3.05) is 13.1 Å². The van der Waals surface area contributed by atoms with Gasteiger partial charge in [-0.15, -0.1) is 0 Å². The van der Waals surface area contributed by atoms with Crippen molar-refractivity contribution in [1.29, 1.82) is 0 Å². The van der Waals surface area contributed by atoms with Gasteiger partial charge in [0.2, 0.25) is 0 Å². The lowest BCUT2D eigenvalue weighted by Crippen LogP contribution is -2.33. The zero-order valence-corrected chi connectivity index (χ0v) is 16.1. The van der Waals surface area contributed by atoms with E-state index in [1.165, 1.54) is 17.1 Å². The third-order valence-corrected chi connectivity index (χ3v) is 6.28. The predicted molar refractivity (Wildman–Crippen MR) is 107 cm³/mol. The third-order valence-electron chi connectivity index (χ3n) is 6.07. The molecule has 2 aliphatic rings. The van der Waals surface area contributed by atoms with Crippen LogP contribution in [0.3, 0.4) is 0 Å². The summed E-state index contributed by atoms with van der Waals surface area (Å²) in [5.74, 6) is 1.48. The summed E-state index contributed by atoms with van der Waals surface area (Å²) in [7, 11) is 0. The molecular formula is C22H23ClFN3. The topological polar surface area (TPSA) is 21.1 Å². The van der Waals surface area contributed by atoms with Gasteiger partial charge in [0, 0.05) is 11.6 Å². The minimum atomic E-state index is -0.132. The maximum Gasteiger partial charge on any atom is 0.124 e. The normalized spacial score (nSPS) is 18.3. The first-order chi connectivity index (χ1) is 13.2. The average molecular weight is 384 g/mol. The molecule has 3 heterocycles. The van der Waals surface area contributed by atoms with Crippen LogP contribution >= 0.6 is 11.6 Å². The summed E-state index contributed by atoms with van der Waals surface area (Å²) in [5.41, 5.74) is 4.76. The Hall–Kier alpha value is -1.91. The van der Waals surface area contributed by atoms with Crippen LogP contribution in [0.5, 0.6) is 0 Å². The molecule has 1 aromatic heterocycles. The van der Waals surface area contributed by atoms with Crippen molar-refractivity contribution < 1.29 is 4.39 Å². The monoisotopic (exact) mass is 383 g/mol. The molecule has 3 aromatic rings. The van der Waals surface area contributed by atoms with Crippen molar-refractivity contribution in [2.24, 2.45) is 0 Å². The lowest BCUT2D eigenvalue weighted by Gasteiger charge is -2.32. The summed E-state index contributed by atoms with van der Waals surface area (Å²) in [6, 6.07) is 11.2. The van der Waals surface area contributed by atoms with Gasteiger partial charge in [0.15, 0.2) is 0 Å². The number of aryl methyl sites for hydroxylation is 2. The molecule has 0 spiro atoms. The largest absolute Gasteiger partial charge is 0.327 e. The second-order valence-corrected chi connectivity index (χ2v) is 8.26. The summed E-state index contributed by atoms with van der Waals surface area (Å²) in [4.78, 5) is 7.40. The average Bonchev–Trinajstić information content (AvgIpc) is 3.01. The van der Waals surface area contributed by atoms with Gasteiger partial charge in [0.1, 0.15) is 11.6 Å². The molecule has 5 rings (SSSR count). The molecule has 2 aromatic carbocycles. The molecule has 1 saturated heterocycles. The van der Waals surface area contributed by atoms with E-state index >= 15 is 0 Å². The number of rotatable bonds is 3. The second-order valence-electron chi connectivity index (χ2n) is 7.82. The molecule has 0 saturated carbocycles. The van der Waals surface area contributed by atoms with Crippen LogP contribution in [0.25, 0.3) is 11.0 Å². The van der Waals surface area contributed by atoms with Crippen LogP contribution in [0.1, 0.15) is 42.1 Å². The van der Waals surface area contributed by atoms with Gasteiger partial charge in [-0.25, -0.2) is 9.37 Å². The van der Waals surface area contributed by atoms with Crippen molar-refractivity contribution in [1.82, 2.24) is 14.5 Å². The van der Waals surface area contributed by atoms with Crippen LogP contribution in [-0.4, -0.2) is 27.5 Å². The molecule has 0 unspecified atom stereocenters. The first kappa shape index (κ1) is 17.2. The Morgan fingerprint density at radius 2 is 1.96 bits per heavy atom. The molecule has 0 bridgehead atoms. The van der Waals surface area contributed by atoms with E-state index in [-0.39, 0.29) is 5.82 Å². The van der Waals surface area contributed by atoms with E-state index < -0.39 is 0 Å². The van der Waals surface area contributed by atoms with Gasteiger partial charge in [-0.05, 0) is 80.1 Å². The lowest BCUT2D eigenvalue weighted by atomic mass is 9.89. The molecule has 27 heavy (non-hydrogen) atoms. The van der Waals surface area contributed by atoms with Gasteiger partial charge in [0.05, 0.1) is 17.6 Å². The highest BCUT2D eigenvalue weighted by atomic mass is 35.5. The summed E-state index contributed by atoms with van der Waals surface area (Å²) < 4.78 is 15.9. The highest BCUT2D eigenvalue weighted by Crippen LogP contribution is 2.32. The van der Waals surface area contributed by atoms with Crippen molar-refractivity contribution in [3.8, 4) is 0 Å². The molecule has 0 aliphatic carbocycles. The van der Waals surface area contributed by atoms with Gasteiger partial charge >= 0.3 is 0 Å². The molecule has 0 N–H and O–H groups in total. The van der Waals surface area contributed by atoms with Crippen LogP contribution in [0.2, 0.25) is 5.02 Å². The Balaban J connectivity index is 1.33. The number of halogens is 2. The Morgan fingerprint density at radius 3 is 2.78 bits per heavy atom. The fraction of sp³-hybridized carbons (Fsp3) is 0.409. The molecule has 0 radical (unpaired) electrons. The SMILES string of the molecule is Fc1cccc(C2CCN(Cc3nc4cc(Cl)cc5c4n3CCC5)CC2)c1. The number of hydrogen-bond donors (Lipinski definition) is 0.